The number of rotatable bonds is 6. The van der Waals surface area contributed by atoms with Gasteiger partial charge < -0.3 is 5.73 Å². The molecule has 0 aliphatic heterocycles. The van der Waals surface area contributed by atoms with Crippen molar-refractivity contribution in [2.75, 3.05) is 5.75 Å². The fraction of sp³-hybridized carbons (Fsp3) is 0.158. The van der Waals surface area contributed by atoms with Gasteiger partial charge in [-0.25, -0.2) is 4.79 Å². The number of imide groups is 1. The van der Waals surface area contributed by atoms with Gasteiger partial charge in [-0.15, -0.1) is 10.2 Å². The van der Waals surface area contributed by atoms with Crippen molar-refractivity contribution in [1.82, 2.24) is 20.1 Å². The number of nitrogens with two attached hydrogens (primary N) is 1. The summed E-state index contributed by atoms with van der Waals surface area (Å²) in [4.78, 5) is 22.4. The summed E-state index contributed by atoms with van der Waals surface area (Å²) in [5.41, 5.74) is 4.72. The monoisotopic (exact) mass is 469 g/mol. The van der Waals surface area contributed by atoms with Crippen molar-refractivity contribution in [2.45, 2.75) is 17.8 Å². The molecule has 0 aliphatic rings. The van der Waals surface area contributed by atoms with E-state index in [2.05, 4.69) is 10.2 Å². The van der Waals surface area contributed by atoms with Crippen LogP contribution in [-0.4, -0.2) is 32.5 Å². The van der Waals surface area contributed by atoms with Gasteiger partial charge in [-0.05, 0) is 30.3 Å². The van der Waals surface area contributed by atoms with E-state index >= 15 is 0 Å². The van der Waals surface area contributed by atoms with Crippen LogP contribution in [-0.2, 0) is 11.0 Å². The average molecular weight is 470 g/mol. The SMILES string of the molecule is NC(=O)NC(=O)CCSc1nnc(-c2ccccc2Cl)n1-c1cccc(C(F)(F)F)c1. The third-order valence-electron chi connectivity index (χ3n) is 4.00. The number of thioether (sulfide) groups is 1. The Labute approximate surface area is 183 Å². The van der Waals surface area contributed by atoms with Crippen LogP contribution in [0.15, 0.2) is 53.7 Å². The number of amides is 3. The highest BCUT2D eigenvalue weighted by Gasteiger charge is 2.31. The fourth-order valence-corrected chi connectivity index (χ4v) is 3.78. The Morgan fingerprint density at radius 1 is 1.13 bits per heavy atom. The van der Waals surface area contributed by atoms with Gasteiger partial charge in [-0.3, -0.25) is 14.7 Å². The van der Waals surface area contributed by atoms with Crippen LogP contribution < -0.4 is 11.1 Å². The second kappa shape index (κ2) is 9.40. The van der Waals surface area contributed by atoms with Crippen molar-refractivity contribution in [3.8, 4) is 17.1 Å². The molecule has 0 fully saturated rings. The van der Waals surface area contributed by atoms with Gasteiger partial charge in [0.25, 0.3) is 0 Å². The highest BCUT2D eigenvalue weighted by Crippen LogP contribution is 2.35. The molecule has 0 saturated heterocycles. The van der Waals surface area contributed by atoms with Crippen molar-refractivity contribution >= 4 is 35.3 Å². The minimum absolute atomic E-state index is 0.0650. The quantitative estimate of drug-likeness (QED) is 0.524. The Balaban J connectivity index is 2.00. The number of nitrogens with zero attached hydrogens (tertiary/aromatic N) is 3. The van der Waals surface area contributed by atoms with Gasteiger partial charge in [0.1, 0.15) is 0 Å². The summed E-state index contributed by atoms with van der Waals surface area (Å²) in [5.74, 6) is -0.163. The first-order valence-electron chi connectivity index (χ1n) is 8.77. The van der Waals surface area contributed by atoms with E-state index in [1.54, 1.807) is 24.3 Å². The summed E-state index contributed by atoms with van der Waals surface area (Å²) in [6, 6.07) is 10.5. The standard InChI is InChI=1S/C19H15ClF3N5O2S/c20-14-7-2-1-6-13(14)16-26-27-18(31-9-8-15(29)25-17(24)30)28(16)12-5-3-4-11(10-12)19(21,22)23/h1-7,10H,8-9H2,(H3,24,25,29,30). The molecule has 12 heteroatoms. The molecule has 3 aromatic rings. The van der Waals surface area contributed by atoms with E-state index in [0.29, 0.717) is 10.6 Å². The van der Waals surface area contributed by atoms with E-state index in [1.165, 1.54) is 16.7 Å². The van der Waals surface area contributed by atoms with E-state index in [4.69, 9.17) is 17.3 Å². The molecule has 0 unspecified atom stereocenters. The van der Waals surface area contributed by atoms with Crippen LogP contribution in [0.5, 0.6) is 0 Å². The van der Waals surface area contributed by atoms with Gasteiger partial charge in [0.05, 0.1) is 16.3 Å². The lowest BCUT2D eigenvalue weighted by molar-refractivity contribution is -0.137. The number of halogens is 4. The summed E-state index contributed by atoms with van der Waals surface area (Å²) in [7, 11) is 0. The molecular formula is C19H15ClF3N5O2S. The molecule has 3 rings (SSSR count). The van der Waals surface area contributed by atoms with Gasteiger partial charge in [-0.1, -0.05) is 41.6 Å². The molecule has 162 valence electrons. The first-order valence-corrected chi connectivity index (χ1v) is 10.1. The highest BCUT2D eigenvalue weighted by molar-refractivity contribution is 7.99. The summed E-state index contributed by atoms with van der Waals surface area (Å²) >= 11 is 7.35. The van der Waals surface area contributed by atoms with Crippen LogP contribution in [0.25, 0.3) is 17.1 Å². The van der Waals surface area contributed by atoms with Gasteiger partial charge in [0, 0.05) is 17.7 Å². The van der Waals surface area contributed by atoms with Crippen molar-refractivity contribution in [2.24, 2.45) is 5.73 Å². The normalized spacial score (nSPS) is 11.4. The number of primary amides is 1. The lowest BCUT2D eigenvalue weighted by atomic mass is 10.1. The lowest BCUT2D eigenvalue weighted by Crippen LogP contribution is -2.35. The minimum atomic E-state index is -4.53. The number of nitrogens with one attached hydrogen (secondary N) is 1. The summed E-state index contributed by atoms with van der Waals surface area (Å²) in [6.07, 6.45) is -4.60. The molecule has 0 saturated carbocycles. The predicted molar refractivity (Wildman–Crippen MR) is 110 cm³/mol. The average Bonchev–Trinajstić information content (AvgIpc) is 3.11. The number of hydrogen-bond acceptors (Lipinski definition) is 5. The van der Waals surface area contributed by atoms with Gasteiger partial charge in [0.15, 0.2) is 11.0 Å². The van der Waals surface area contributed by atoms with Crippen molar-refractivity contribution in [3.05, 3.63) is 59.1 Å². The van der Waals surface area contributed by atoms with Crippen LogP contribution in [0.3, 0.4) is 0 Å². The first kappa shape index (κ1) is 22.6. The van der Waals surface area contributed by atoms with Gasteiger partial charge in [-0.2, -0.15) is 13.2 Å². The Bertz CT molecular complexity index is 1120. The fourth-order valence-electron chi connectivity index (χ4n) is 2.67. The Kier molecular flexibility index (Phi) is 6.86. The second-order valence-corrected chi connectivity index (χ2v) is 7.65. The predicted octanol–water partition coefficient (Wildman–Crippen LogP) is 4.28. The van der Waals surface area contributed by atoms with Gasteiger partial charge >= 0.3 is 12.2 Å². The maximum absolute atomic E-state index is 13.2. The zero-order valence-corrected chi connectivity index (χ0v) is 17.3. The largest absolute Gasteiger partial charge is 0.416 e. The lowest BCUT2D eigenvalue weighted by Gasteiger charge is -2.13. The second-order valence-electron chi connectivity index (χ2n) is 6.18. The molecule has 3 amide bonds. The molecule has 0 spiro atoms. The van der Waals surface area contributed by atoms with E-state index in [-0.39, 0.29) is 28.8 Å². The zero-order chi connectivity index (χ0) is 22.6. The number of carbonyl (C=O) groups excluding carboxylic acids is 2. The Morgan fingerprint density at radius 2 is 1.87 bits per heavy atom. The van der Waals surface area contributed by atoms with Crippen LogP contribution in [0.1, 0.15) is 12.0 Å². The number of carbonyl (C=O) groups is 2. The number of benzene rings is 2. The molecule has 7 nitrogen and oxygen atoms in total. The molecule has 0 atom stereocenters. The maximum atomic E-state index is 13.2. The number of hydrogen-bond donors (Lipinski definition) is 2. The topological polar surface area (TPSA) is 103 Å². The van der Waals surface area contributed by atoms with Crippen molar-refractivity contribution < 1.29 is 22.8 Å². The number of urea groups is 1. The third kappa shape index (κ3) is 5.56. The van der Waals surface area contributed by atoms with E-state index < -0.39 is 23.7 Å². The van der Waals surface area contributed by atoms with Crippen molar-refractivity contribution in [3.63, 3.8) is 0 Å². The summed E-state index contributed by atoms with van der Waals surface area (Å²) in [6.45, 7) is 0. The van der Waals surface area contributed by atoms with Crippen LogP contribution in [0.2, 0.25) is 5.02 Å². The summed E-state index contributed by atoms with van der Waals surface area (Å²) < 4.78 is 41.2. The molecule has 0 aliphatic carbocycles. The molecule has 3 N–H and O–H groups in total. The van der Waals surface area contributed by atoms with E-state index in [1.807, 2.05) is 5.32 Å². The van der Waals surface area contributed by atoms with E-state index in [0.717, 1.165) is 23.9 Å². The maximum Gasteiger partial charge on any atom is 0.416 e. The van der Waals surface area contributed by atoms with Crippen molar-refractivity contribution in [1.29, 1.82) is 0 Å². The number of alkyl halides is 3. The summed E-state index contributed by atoms with van der Waals surface area (Å²) in [5, 5.41) is 10.7. The van der Waals surface area contributed by atoms with E-state index in [9.17, 15) is 22.8 Å². The molecule has 31 heavy (non-hydrogen) atoms. The smallest absolute Gasteiger partial charge is 0.351 e. The zero-order valence-electron chi connectivity index (χ0n) is 15.7. The first-order chi connectivity index (χ1) is 14.7. The highest BCUT2D eigenvalue weighted by atomic mass is 35.5. The van der Waals surface area contributed by atoms with Crippen LogP contribution in [0.4, 0.5) is 18.0 Å². The van der Waals surface area contributed by atoms with Crippen LogP contribution in [0, 0.1) is 0 Å². The minimum Gasteiger partial charge on any atom is -0.351 e. The molecule has 1 aromatic heterocycles. The Morgan fingerprint density at radius 3 is 2.55 bits per heavy atom. The molecule has 2 aromatic carbocycles. The third-order valence-corrected chi connectivity index (χ3v) is 5.26. The van der Waals surface area contributed by atoms with Gasteiger partial charge in [0.2, 0.25) is 5.91 Å². The number of aromatic nitrogens is 3. The molecule has 1 heterocycles. The Hall–Kier alpha value is -3.05. The molecule has 0 radical (unpaired) electrons. The molecule has 0 bridgehead atoms. The molecular weight excluding hydrogens is 455 g/mol. The van der Waals surface area contributed by atoms with Crippen LogP contribution >= 0.6 is 23.4 Å².